The van der Waals surface area contributed by atoms with Gasteiger partial charge in [0.05, 0.1) is 25.3 Å². The standard InChI is InChI=1S/2C26H27FN2O2.2CH2O2/c2*1-16-5-8-24(27)22(11-16)26(30)29-10-9-19-6-7-20(13-21(19)15-29)18(3)23-14-28-25(31-4)12-17(23)2;2*2-1-3/h2*5-8,11-14,18H,9-10,15H2,1-4H3;2*1H,(H,2,3)/t2*18-;;/m10../s1. The minimum atomic E-state index is -0.466. The van der Waals surface area contributed by atoms with Gasteiger partial charge in [0.1, 0.15) is 11.6 Å². The van der Waals surface area contributed by atoms with Crippen molar-refractivity contribution in [2.45, 2.75) is 79.3 Å². The molecule has 68 heavy (non-hydrogen) atoms. The fourth-order valence-electron chi connectivity index (χ4n) is 8.56. The van der Waals surface area contributed by atoms with Crippen LogP contribution in [-0.4, -0.2) is 82.0 Å². The number of hydrogen-bond acceptors (Lipinski definition) is 8. The Morgan fingerprint density at radius 2 is 0.956 bits per heavy atom. The molecule has 8 rings (SSSR count). The first-order valence-electron chi connectivity index (χ1n) is 22.1. The largest absolute Gasteiger partial charge is 0.483 e. The van der Waals surface area contributed by atoms with Gasteiger partial charge < -0.3 is 29.5 Å². The molecule has 0 aliphatic carbocycles. The second-order valence-corrected chi connectivity index (χ2v) is 16.8. The maximum Gasteiger partial charge on any atom is 0.290 e. The molecular weight excluding hydrogens is 871 g/mol. The van der Waals surface area contributed by atoms with E-state index in [0.29, 0.717) is 37.9 Å². The first-order valence-corrected chi connectivity index (χ1v) is 22.1. The number of nitrogens with zero attached hydrogens (tertiary/aromatic N) is 4. The second-order valence-electron chi connectivity index (χ2n) is 16.8. The van der Waals surface area contributed by atoms with E-state index in [4.69, 9.17) is 29.3 Å². The zero-order valence-corrected chi connectivity index (χ0v) is 39.7. The highest BCUT2D eigenvalue weighted by Crippen LogP contribution is 2.33. The van der Waals surface area contributed by atoms with Crippen LogP contribution in [0.4, 0.5) is 8.78 Å². The van der Waals surface area contributed by atoms with Crippen molar-refractivity contribution in [1.82, 2.24) is 19.8 Å². The Morgan fingerprint density at radius 1 is 0.588 bits per heavy atom. The van der Waals surface area contributed by atoms with Crippen molar-refractivity contribution in [2.75, 3.05) is 27.3 Å². The van der Waals surface area contributed by atoms with Crippen molar-refractivity contribution < 1.29 is 47.6 Å². The molecule has 0 unspecified atom stereocenters. The van der Waals surface area contributed by atoms with Gasteiger partial charge in [-0.1, -0.05) is 73.5 Å². The normalized spacial score (nSPS) is 13.3. The molecule has 0 radical (unpaired) electrons. The maximum atomic E-state index is 14.3. The summed E-state index contributed by atoms with van der Waals surface area (Å²) in [6.45, 7) is 13.8. The molecular formula is C54H58F2N4O8. The molecule has 6 aromatic rings. The van der Waals surface area contributed by atoms with E-state index < -0.39 is 11.6 Å². The van der Waals surface area contributed by atoms with Crippen molar-refractivity contribution in [2.24, 2.45) is 0 Å². The number of carbonyl (C=O) groups is 4. The number of hydrogen-bond donors (Lipinski definition) is 2. The Morgan fingerprint density at radius 3 is 1.29 bits per heavy atom. The third kappa shape index (κ3) is 12.5. The first-order chi connectivity index (χ1) is 32.6. The van der Waals surface area contributed by atoms with E-state index in [-0.39, 0.29) is 47.7 Å². The number of benzene rings is 4. The fraction of sp³-hybridized carbons (Fsp3) is 0.296. The summed E-state index contributed by atoms with van der Waals surface area (Å²) in [5, 5.41) is 13.8. The summed E-state index contributed by atoms with van der Waals surface area (Å²) in [5.41, 5.74) is 13.7. The quantitative estimate of drug-likeness (QED) is 0.141. The fourth-order valence-corrected chi connectivity index (χ4v) is 8.56. The van der Waals surface area contributed by atoms with Gasteiger partial charge in [0.25, 0.3) is 24.8 Å². The molecule has 2 N–H and O–H groups in total. The molecule has 14 heteroatoms. The zero-order valence-electron chi connectivity index (χ0n) is 39.7. The summed E-state index contributed by atoms with van der Waals surface area (Å²) in [6, 6.07) is 26.2. The van der Waals surface area contributed by atoms with Crippen LogP contribution in [0, 0.1) is 39.3 Å². The number of rotatable bonds is 8. The third-order valence-electron chi connectivity index (χ3n) is 12.4. The minimum absolute atomic E-state index is 0.146. The molecule has 0 spiro atoms. The number of aryl methyl sites for hydroxylation is 4. The molecule has 2 aliphatic heterocycles. The molecule has 0 bridgehead atoms. The third-order valence-corrected chi connectivity index (χ3v) is 12.4. The smallest absolute Gasteiger partial charge is 0.290 e. The van der Waals surface area contributed by atoms with E-state index >= 15 is 0 Å². The van der Waals surface area contributed by atoms with Crippen molar-refractivity contribution in [3.63, 3.8) is 0 Å². The highest BCUT2D eigenvalue weighted by Gasteiger charge is 2.27. The van der Waals surface area contributed by atoms with Crippen LogP contribution in [0.5, 0.6) is 11.8 Å². The summed E-state index contributed by atoms with van der Waals surface area (Å²) in [5.74, 6) is 0.0966. The summed E-state index contributed by atoms with van der Waals surface area (Å²) in [4.78, 5) is 54.9. The molecule has 4 aromatic carbocycles. The van der Waals surface area contributed by atoms with Crippen molar-refractivity contribution in [3.8, 4) is 11.8 Å². The minimum Gasteiger partial charge on any atom is -0.483 e. The first kappa shape index (κ1) is 51.5. The molecule has 2 amide bonds. The monoisotopic (exact) mass is 928 g/mol. The van der Waals surface area contributed by atoms with Gasteiger partial charge in [-0.2, -0.15) is 0 Å². The predicted molar refractivity (Wildman–Crippen MR) is 256 cm³/mol. The summed E-state index contributed by atoms with van der Waals surface area (Å²) >= 11 is 0. The molecule has 0 saturated carbocycles. The van der Waals surface area contributed by atoms with Crippen LogP contribution in [0.15, 0.2) is 97.3 Å². The Bertz CT molecular complexity index is 2580. The lowest BCUT2D eigenvalue weighted by Crippen LogP contribution is -2.36. The number of amides is 2. The van der Waals surface area contributed by atoms with E-state index in [1.165, 1.54) is 34.4 Å². The number of carboxylic acid groups (broad SMARTS) is 2. The van der Waals surface area contributed by atoms with Crippen molar-refractivity contribution in [3.05, 3.63) is 187 Å². The van der Waals surface area contributed by atoms with Gasteiger partial charge in [-0.05, 0) is 120 Å². The van der Waals surface area contributed by atoms with Gasteiger partial charge in [-0.25, -0.2) is 18.7 Å². The Kier molecular flexibility index (Phi) is 18.0. The molecule has 0 fully saturated rings. The Hall–Kier alpha value is -7.48. The predicted octanol–water partition coefficient (Wildman–Crippen LogP) is 9.79. The molecule has 356 valence electrons. The summed E-state index contributed by atoms with van der Waals surface area (Å²) < 4.78 is 39.0. The maximum absolute atomic E-state index is 14.3. The van der Waals surface area contributed by atoms with Crippen molar-refractivity contribution >= 4 is 24.8 Å². The van der Waals surface area contributed by atoms with E-state index in [9.17, 15) is 18.4 Å². The molecule has 2 atom stereocenters. The van der Waals surface area contributed by atoms with Crippen LogP contribution in [0.3, 0.4) is 0 Å². The van der Waals surface area contributed by atoms with Crippen LogP contribution in [0.2, 0.25) is 0 Å². The number of ether oxygens (including phenoxy) is 2. The number of pyridine rings is 2. The average molecular weight is 929 g/mol. The topological polar surface area (TPSA) is 159 Å². The average Bonchev–Trinajstić information content (AvgIpc) is 3.34. The van der Waals surface area contributed by atoms with Crippen LogP contribution in [-0.2, 0) is 35.5 Å². The van der Waals surface area contributed by atoms with Gasteiger partial charge in [0, 0.05) is 62.5 Å². The van der Waals surface area contributed by atoms with E-state index in [0.717, 1.165) is 57.3 Å². The lowest BCUT2D eigenvalue weighted by Gasteiger charge is -2.30. The van der Waals surface area contributed by atoms with Gasteiger partial charge >= 0.3 is 0 Å². The van der Waals surface area contributed by atoms with Crippen LogP contribution in [0.1, 0.15) is 113 Å². The van der Waals surface area contributed by atoms with Gasteiger partial charge in [-0.15, -0.1) is 0 Å². The van der Waals surface area contributed by atoms with Crippen LogP contribution < -0.4 is 9.47 Å². The summed E-state index contributed by atoms with van der Waals surface area (Å²) in [7, 11) is 3.23. The molecule has 2 aromatic heterocycles. The number of halogens is 2. The molecule has 2 aliphatic rings. The Labute approximate surface area is 396 Å². The highest BCUT2D eigenvalue weighted by atomic mass is 19.1. The molecule has 4 heterocycles. The number of fused-ring (bicyclic) bond motifs is 2. The van der Waals surface area contributed by atoms with Gasteiger partial charge in [0.2, 0.25) is 11.8 Å². The second kappa shape index (κ2) is 23.8. The Balaban J connectivity index is 0.000000228. The van der Waals surface area contributed by atoms with Gasteiger partial charge in [-0.3, -0.25) is 19.2 Å². The molecule has 0 saturated heterocycles. The summed E-state index contributed by atoms with van der Waals surface area (Å²) in [6.07, 6.45) is 5.28. The lowest BCUT2D eigenvalue weighted by atomic mass is 9.88. The van der Waals surface area contributed by atoms with Crippen molar-refractivity contribution in [1.29, 1.82) is 0 Å². The molecule has 12 nitrogen and oxygen atoms in total. The van der Waals surface area contributed by atoms with Crippen LogP contribution in [0.25, 0.3) is 0 Å². The SMILES string of the molecule is COc1cc(C)c([C@@H](C)c2ccc3c(c2)CN(C(=O)c2cc(C)ccc2F)CC3)cn1.COc1cc(C)c([C@H](C)c2ccc3c(c2)CN(C(=O)c2cc(C)ccc2F)CC3)cn1.O=CO.O=CO. The van der Waals surface area contributed by atoms with E-state index in [2.05, 4.69) is 74.1 Å². The zero-order chi connectivity index (χ0) is 49.7. The number of aromatic nitrogens is 2. The van der Waals surface area contributed by atoms with E-state index in [1.807, 2.05) is 38.4 Å². The highest BCUT2D eigenvalue weighted by molar-refractivity contribution is 5.95. The lowest BCUT2D eigenvalue weighted by molar-refractivity contribution is -0.123. The van der Waals surface area contributed by atoms with E-state index in [1.54, 1.807) is 48.3 Å². The van der Waals surface area contributed by atoms with Gasteiger partial charge in [0.15, 0.2) is 0 Å². The van der Waals surface area contributed by atoms with Crippen LogP contribution >= 0.6 is 0 Å². The number of methoxy groups -OCH3 is 2. The number of carbonyl (C=O) groups excluding carboxylic acids is 2.